The van der Waals surface area contributed by atoms with Crippen LogP contribution in [0.15, 0.2) is 24.3 Å². The van der Waals surface area contributed by atoms with Gasteiger partial charge in [-0.05, 0) is 38.6 Å². The molecule has 0 spiro atoms. The molecule has 0 aliphatic carbocycles. The van der Waals surface area contributed by atoms with Crippen LogP contribution in [0.1, 0.15) is 60.0 Å². The highest BCUT2D eigenvalue weighted by Gasteiger charge is 2.29. The van der Waals surface area contributed by atoms with Crippen molar-refractivity contribution in [3.05, 3.63) is 46.8 Å². The molecule has 3 amide bonds. The Morgan fingerprint density at radius 1 is 1.15 bits per heavy atom. The number of rotatable bonds is 5. The monoisotopic (exact) mass is 453 g/mol. The summed E-state index contributed by atoms with van der Waals surface area (Å²) in [6.07, 6.45) is 0. The lowest BCUT2D eigenvalue weighted by Gasteiger charge is -2.32. The number of fused-ring (bicyclic) bond motifs is 1. The third-order valence-corrected chi connectivity index (χ3v) is 6.42. The second-order valence-electron chi connectivity index (χ2n) is 9.38. The van der Waals surface area contributed by atoms with E-state index in [0.717, 1.165) is 55.2 Å². The van der Waals surface area contributed by atoms with Crippen LogP contribution in [0.3, 0.4) is 0 Å². The highest BCUT2D eigenvalue weighted by Crippen LogP contribution is 2.28. The third kappa shape index (κ3) is 5.20. The molecule has 4 rings (SSSR count). The van der Waals surface area contributed by atoms with Crippen molar-refractivity contribution in [1.82, 2.24) is 30.2 Å². The van der Waals surface area contributed by atoms with Crippen molar-refractivity contribution in [2.45, 2.75) is 45.8 Å². The van der Waals surface area contributed by atoms with E-state index in [1.165, 1.54) is 0 Å². The molecule has 1 unspecified atom stereocenters. The van der Waals surface area contributed by atoms with Crippen LogP contribution in [0, 0.1) is 0 Å². The molecule has 9 heteroatoms. The highest BCUT2D eigenvalue weighted by atomic mass is 16.2. The van der Waals surface area contributed by atoms with Gasteiger partial charge >= 0.3 is 6.03 Å². The minimum Gasteiger partial charge on any atom is -0.347 e. The summed E-state index contributed by atoms with van der Waals surface area (Å²) in [6, 6.07) is 7.72. The molecule has 1 atom stereocenters. The van der Waals surface area contributed by atoms with Gasteiger partial charge in [0.1, 0.15) is 0 Å². The molecule has 0 bridgehead atoms. The van der Waals surface area contributed by atoms with Crippen molar-refractivity contribution in [3.63, 3.8) is 0 Å². The molecule has 0 saturated carbocycles. The van der Waals surface area contributed by atoms with Crippen LogP contribution < -0.4 is 16.0 Å². The number of hydrogen-bond donors (Lipinski definition) is 3. The number of likely N-dealkylation sites (N-methyl/N-ethyl adjacent to an activating group) is 1. The average molecular weight is 454 g/mol. The summed E-state index contributed by atoms with van der Waals surface area (Å²) >= 11 is 0. The van der Waals surface area contributed by atoms with E-state index in [0.29, 0.717) is 24.7 Å². The lowest BCUT2D eigenvalue weighted by atomic mass is 9.97. The van der Waals surface area contributed by atoms with Crippen LogP contribution >= 0.6 is 0 Å². The van der Waals surface area contributed by atoms with Gasteiger partial charge < -0.3 is 25.8 Å². The quantitative estimate of drug-likeness (QED) is 0.646. The summed E-state index contributed by atoms with van der Waals surface area (Å²) in [6.45, 7) is 11.5. The van der Waals surface area contributed by atoms with E-state index in [2.05, 4.69) is 53.8 Å². The summed E-state index contributed by atoms with van der Waals surface area (Å²) < 4.78 is 1.99. The molecule has 9 nitrogen and oxygen atoms in total. The van der Waals surface area contributed by atoms with Gasteiger partial charge in [-0.25, -0.2) is 4.79 Å². The predicted octanol–water partition coefficient (Wildman–Crippen LogP) is 2.38. The fourth-order valence-electron chi connectivity index (χ4n) is 4.45. The van der Waals surface area contributed by atoms with Gasteiger partial charge in [0.15, 0.2) is 5.69 Å². The van der Waals surface area contributed by atoms with Crippen LogP contribution in [-0.2, 0) is 13.1 Å². The van der Waals surface area contributed by atoms with Gasteiger partial charge in [-0.1, -0.05) is 19.1 Å². The lowest BCUT2D eigenvalue weighted by molar-refractivity contribution is 0.0943. The molecular weight excluding hydrogens is 418 g/mol. The number of anilines is 1. The summed E-state index contributed by atoms with van der Waals surface area (Å²) in [5, 5.41) is 14.0. The maximum atomic E-state index is 13.0. The molecule has 3 N–H and O–H groups in total. The Kier molecular flexibility index (Phi) is 6.99. The summed E-state index contributed by atoms with van der Waals surface area (Å²) in [5.74, 6) is 0.160. The number of piperazine rings is 1. The zero-order valence-corrected chi connectivity index (χ0v) is 20.0. The van der Waals surface area contributed by atoms with E-state index in [4.69, 9.17) is 0 Å². The van der Waals surface area contributed by atoms with Gasteiger partial charge in [-0.2, -0.15) is 5.10 Å². The van der Waals surface area contributed by atoms with Crippen molar-refractivity contribution in [2.24, 2.45) is 0 Å². The number of aromatic nitrogens is 2. The van der Waals surface area contributed by atoms with Gasteiger partial charge in [0.2, 0.25) is 0 Å². The number of nitrogens with zero attached hydrogens (tertiary/aromatic N) is 4. The van der Waals surface area contributed by atoms with Crippen LogP contribution in [0.25, 0.3) is 0 Å². The number of carbonyl (C=O) groups is 2. The van der Waals surface area contributed by atoms with Crippen molar-refractivity contribution in [2.75, 3.05) is 45.1 Å². The first-order chi connectivity index (χ1) is 15.8. The molecule has 1 fully saturated rings. The maximum Gasteiger partial charge on any atom is 0.321 e. The minimum atomic E-state index is -0.158. The van der Waals surface area contributed by atoms with Crippen LogP contribution in [0.4, 0.5) is 10.5 Å². The predicted molar refractivity (Wildman–Crippen MR) is 128 cm³/mol. The third-order valence-electron chi connectivity index (χ3n) is 6.42. The Labute approximate surface area is 195 Å². The minimum absolute atomic E-state index is 0.0718. The molecule has 3 heterocycles. The summed E-state index contributed by atoms with van der Waals surface area (Å²) in [4.78, 5) is 29.5. The maximum absolute atomic E-state index is 13.0. The molecule has 33 heavy (non-hydrogen) atoms. The highest BCUT2D eigenvalue weighted by molar-refractivity contribution is 5.94. The van der Waals surface area contributed by atoms with Gasteiger partial charge in [-0.3, -0.25) is 9.48 Å². The normalized spacial score (nSPS) is 18.8. The molecule has 2 aromatic rings. The number of amides is 3. The lowest BCUT2D eigenvalue weighted by Crippen LogP contribution is -2.48. The van der Waals surface area contributed by atoms with Gasteiger partial charge in [0, 0.05) is 74.7 Å². The first-order valence-corrected chi connectivity index (χ1v) is 11.8. The number of hydrogen-bond acceptors (Lipinski definition) is 5. The zero-order valence-electron chi connectivity index (χ0n) is 20.0. The first-order valence-electron chi connectivity index (χ1n) is 11.8. The van der Waals surface area contributed by atoms with Crippen molar-refractivity contribution in [3.8, 4) is 0 Å². The second kappa shape index (κ2) is 9.93. The molecule has 1 aromatic heterocycles. The summed E-state index contributed by atoms with van der Waals surface area (Å²) in [5.41, 5.74) is 4.38. The largest absolute Gasteiger partial charge is 0.347 e. The molecule has 2 aliphatic rings. The van der Waals surface area contributed by atoms with Crippen LogP contribution in [0.2, 0.25) is 0 Å². The molecule has 178 valence electrons. The fraction of sp³-hybridized carbons (Fsp3) is 0.542. The van der Waals surface area contributed by atoms with Gasteiger partial charge in [-0.15, -0.1) is 0 Å². The van der Waals surface area contributed by atoms with E-state index in [9.17, 15) is 9.59 Å². The molecule has 1 saturated heterocycles. The fourth-order valence-corrected chi connectivity index (χ4v) is 4.45. The second-order valence-corrected chi connectivity index (χ2v) is 9.38. The van der Waals surface area contributed by atoms with Crippen LogP contribution in [0.5, 0.6) is 0 Å². The first kappa shape index (κ1) is 23.3. The molecule has 0 radical (unpaired) electrons. The number of carbonyl (C=O) groups excluding carboxylic acids is 2. The molecular formula is C24H35N7O2. The van der Waals surface area contributed by atoms with Crippen molar-refractivity contribution in [1.29, 1.82) is 0 Å². The Morgan fingerprint density at radius 2 is 1.85 bits per heavy atom. The summed E-state index contributed by atoms with van der Waals surface area (Å²) in [7, 11) is 2.06. The SMILES string of the molecule is CC1CNCc2c(C(=O)NCc3ccc(NC(=O)N4CCN(C)CC4)cc3)nn(C(C)C)c21. The van der Waals surface area contributed by atoms with Crippen molar-refractivity contribution >= 4 is 17.6 Å². The number of nitrogens with one attached hydrogen (secondary N) is 3. The van der Waals surface area contributed by atoms with Crippen molar-refractivity contribution < 1.29 is 9.59 Å². The van der Waals surface area contributed by atoms with E-state index in [-0.39, 0.29) is 18.0 Å². The van der Waals surface area contributed by atoms with E-state index < -0.39 is 0 Å². The van der Waals surface area contributed by atoms with E-state index in [1.807, 2.05) is 33.8 Å². The smallest absolute Gasteiger partial charge is 0.321 e. The standard InChI is InChI=1S/C24H35N7O2/c1-16(2)31-22-17(3)13-25-15-20(22)21(28-31)23(32)26-14-18-5-7-19(8-6-18)27-24(33)30-11-9-29(4)10-12-30/h5-8,16-17,25H,9-15H2,1-4H3,(H,26,32)(H,27,33). The number of urea groups is 1. The Bertz CT molecular complexity index is 991. The Hall–Kier alpha value is -2.91. The zero-order chi connectivity index (χ0) is 23.5. The van der Waals surface area contributed by atoms with Gasteiger partial charge in [0.05, 0.1) is 0 Å². The van der Waals surface area contributed by atoms with Gasteiger partial charge in [0.25, 0.3) is 5.91 Å². The number of benzene rings is 1. The molecule has 2 aliphatic heterocycles. The topological polar surface area (TPSA) is 94.5 Å². The van der Waals surface area contributed by atoms with E-state index >= 15 is 0 Å². The Balaban J connectivity index is 1.36. The Morgan fingerprint density at radius 3 is 2.52 bits per heavy atom. The van der Waals surface area contributed by atoms with Crippen LogP contribution in [-0.4, -0.2) is 71.3 Å². The van der Waals surface area contributed by atoms with E-state index in [1.54, 1.807) is 0 Å². The molecule has 1 aromatic carbocycles. The average Bonchev–Trinajstić information content (AvgIpc) is 3.20.